The molecule has 1 saturated carbocycles. The predicted molar refractivity (Wildman–Crippen MR) is 103 cm³/mol. The van der Waals surface area contributed by atoms with Crippen LogP contribution in [-0.2, 0) is 0 Å². The molecule has 0 heterocycles. The first kappa shape index (κ1) is 18.9. The molecule has 0 saturated heterocycles. The number of hydrogen-bond donors (Lipinski definition) is 0. The molecule has 2 aromatic rings. The molecule has 1 aliphatic carbocycles. The first-order chi connectivity index (χ1) is 12.5. The topological polar surface area (TPSA) is 9.23 Å². The molecule has 0 aliphatic heterocycles. The highest BCUT2D eigenvalue weighted by Gasteiger charge is 2.30. The van der Waals surface area contributed by atoms with Crippen LogP contribution < -0.4 is 4.74 Å². The van der Waals surface area contributed by atoms with Gasteiger partial charge < -0.3 is 4.74 Å². The molecule has 0 aromatic heterocycles. The van der Waals surface area contributed by atoms with Gasteiger partial charge >= 0.3 is 0 Å². The van der Waals surface area contributed by atoms with E-state index in [1.54, 1.807) is 13.0 Å². The molecule has 0 spiro atoms. The predicted octanol–water partition coefficient (Wildman–Crippen LogP) is 7.10. The van der Waals surface area contributed by atoms with Gasteiger partial charge in [-0.2, -0.15) is 4.39 Å². The van der Waals surface area contributed by atoms with E-state index >= 15 is 0 Å². The van der Waals surface area contributed by atoms with Gasteiger partial charge in [-0.05, 0) is 67.2 Å². The Balaban J connectivity index is 1.77. The molecule has 0 bridgehead atoms. The van der Waals surface area contributed by atoms with Gasteiger partial charge in [-0.3, -0.25) is 0 Å². The SMILES string of the molecule is CCOc1ccc(-c2ccc(C3CCC(C)(CC)CC3)cc2)c(F)c1F. The van der Waals surface area contributed by atoms with E-state index in [4.69, 9.17) is 4.74 Å². The van der Waals surface area contributed by atoms with Crippen molar-refractivity contribution in [3.63, 3.8) is 0 Å². The van der Waals surface area contributed by atoms with Crippen LogP contribution in [0.3, 0.4) is 0 Å². The third-order valence-electron chi connectivity index (χ3n) is 6.09. The molecule has 1 nitrogen and oxygen atoms in total. The van der Waals surface area contributed by atoms with Gasteiger partial charge in [-0.25, -0.2) is 4.39 Å². The molecule has 140 valence electrons. The fourth-order valence-corrected chi connectivity index (χ4v) is 3.96. The van der Waals surface area contributed by atoms with Crippen molar-refractivity contribution in [3.8, 4) is 16.9 Å². The quantitative estimate of drug-likeness (QED) is 0.553. The first-order valence-electron chi connectivity index (χ1n) is 9.68. The van der Waals surface area contributed by atoms with Crippen molar-refractivity contribution in [1.29, 1.82) is 0 Å². The number of benzene rings is 2. The Hall–Kier alpha value is -1.90. The van der Waals surface area contributed by atoms with Gasteiger partial charge in [0.2, 0.25) is 5.82 Å². The van der Waals surface area contributed by atoms with E-state index in [-0.39, 0.29) is 11.3 Å². The fraction of sp³-hybridized carbons (Fsp3) is 0.478. The van der Waals surface area contributed by atoms with E-state index in [1.165, 1.54) is 43.7 Å². The average Bonchev–Trinajstić information content (AvgIpc) is 2.67. The summed E-state index contributed by atoms with van der Waals surface area (Å²) in [5, 5.41) is 0. The molecule has 0 amide bonds. The Bertz CT molecular complexity index is 744. The summed E-state index contributed by atoms with van der Waals surface area (Å²) in [5.41, 5.74) is 2.76. The molecule has 1 fully saturated rings. The highest BCUT2D eigenvalue weighted by molar-refractivity contribution is 5.65. The lowest BCUT2D eigenvalue weighted by molar-refractivity contribution is 0.191. The molecule has 0 unspecified atom stereocenters. The second-order valence-electron chi connectivity index (χ2n) is 7.73. The normalized spacial score (nSPS) is 23.0. The third-order valence-corrected chi connectivity index (χ3v) is 6.09. The lowest BCUT2D eigenvalue weighted by Gasteiger charge is -2.37. The number of rotatable bonds is 5. The highest BCUT2D eigenvalue weighted by atomic mass is 19.2. The minimum absolute atomic E-state index is 0.0356. The van der Waals surface area contributed by atoms with Crippen LogP contribution in [0.2, 0.25) is 0 Å². The average molecular weight is 358 g/mol. The summed E-state index contributed by atoms with van der Waals surface area (Å²) in [5.74, 6) is -1.23. The van der Waals surface area contributed by atoms with Crippen molar-refractivity contribution < 1.29 is 13.5 Å². The molecule has 0 radical (unpaired) electrons. The summed E-state index contributed by atoms with van der Waals surface area (Å²) >= 11 is 0. The van der Waals surface area contributed by atoms with Gasteiger partial charge in [0.05, 0.1) is 6.61 Å². The molecule has 0 atom stereocenters. The Labute approximate surface area is 155 Å². The zero-order valence-corrected chi connectivity index (χ0v) is 15.9. The van der Waals surface area contributed by atoms with Crippen LogP contribution in [0.15, 0.2) is 36.4 Å². The smallest absolute Gasteiger partial charge is 0.201 e. The Morgan fingerprint density at radius 2 is 1.62 bits per heavy atom. The van der Waals surface area contributed by atoms with Crippen LogP contribution in [0.25, 0.3) is 11.1 Å². The van der Waals surface area contributed by atoms with E-state index in [0.29, 0.717) is 23.5 Å². The second-order valence-corrected chi connectivity index (χ2v) is 7.73. The lowest BCUT2D eigenvalue weighted by Crippen LogP contribution is -2.22. The van der Waals surface area contributed by atoms with Crippen molar-refractivity contribution in [2.45, 2.75) is 58.8 Å². The minimum Gasteiger partial charge on any atom is -0.491 e. The molecule has 2 aromatic carbocycles. The number of ether oxygens (including phenoxy) is 1. The summed E-state index contributed by atoms with van der Waals surface area (Å²) in [6.45, 7) is 6.72. The van der Waals surface area contributed by atoms with Gasteiger partial charge in [0.25, 0.3) is 0 Å². The Kier molecular flexibility index (Phi) is 5.64. The van der Waals surface area contributed by atoms with Gasteiger partial charge in [-0.1, -0.05) is 44.5 Å². The third kappa shape index (κ3) is 3.77. The summed E-state index contributed by atoms with van der Waals surface area (Å²) in [6.07, 6.45) is 6.16. The van der Waals surface area contributed by atoms with Crippen LogP contribution in [-0.4, -0.2) is 6.61 Å². The van der Waals surface area contributed by atoms with Gasteiger partial charge in [-0.15, -0.1) is 0 Å². The van der Waals surface area contributed by atoms with Gasteiger partial charge in [0, 0.05) is 5.56 Å². The van der Waals surface area contributed by atoms with Gasteiger partial charge in [0.15, 0.2) is 11.6 Å². The lowest BCUT2D eigenvalue weighted by atomic mass is 9.69. The Morgan fingerprint density at radius 1 is 0.962 bits per heavy atom. The van der Waals surface area contributed by atoms with E-state index in [1.807, 2.05) is 12.1 Å². The van der Waals surface area contributed by atoms with Crippen LogP contribution in [0.1, 0.15) is 64.4 Å². The van der Waals surface area contributed by atoms with Crippen molar-refractivity contribution >= 4 is 0 Å². The standard InChI is InChI=1S/C23H28F2O/c1-4-23(3)14-12-17(13-15-23)16-6-8-18(9-7-16)19-10-11-20(26-5-2)22(25)21(19)24/h6-11,17H,4-5,12-15H2,1-3H3. The molecule has 1 aliphatic rings. The molecule has 26 heavy (non-hydrogen) atoms. The molecule has 3 heteroatoms. The maximum Gasteiger partial charge on any atom is 0.201 e. The molecular formula is C23H28F2O. The maximum absolute atomic E-state index is 14.4. The van der Waals surface area contributed by atoms with E-state index < -0.39 is 11.6 Å². The van der Waals surface area contributed by atoms with E-state index in [9.17, 15) is 8.78 Å². The highest BCUT2D eigenvalue weighted by Crippen LogP contribution is 2.44. The monoisotopic (exact) mass is 358 g/mol. The van der Waals surface area contributed by atoms with Crippen molar-refractivity contribution in [1.82, 2.24) is 0 Å². The molecular weight excluding hydrogens is 330 g/mol. The van der Waals surface area contributed by atoms with E-state index in [0.717, 1.165) is 0 Å². The summed E-state index contributed by atoms with van der Waals surface area (Å²) in [4.78, 5) is 0. The van der Waals surface area contributed by atoms with E-state index in [2.05, 4.69) is 26.0 Å². The Morgan fingerprint density at radius 3 is 2.19 bits per heavy atom. The first-order valence-corrected chi connectivity index (χ1v) is 9.68. The van der Waals surface area contributed by atoms with Crippen molar-refractivity contribution in [2.24, 2.45) is 5.41 Å². The number of halogens is 2. The van der Waals surface area contributed by atoms with Crippen molar-refractivity contribution in [3.05, 3.63) is 53.6 Å². The fourth-order valence-electron chi connectivity index (χ4n) is 3.96. The van der Waals surface area contributed by atoms with Crippen LogP contribution in [0.5, 0.6) is 5.75 Å². The van der Waals surface area contributed by atoms with Crippen molar-refractivity contribution in [2.75, 3.05) is 6.61 Å². The van der Waals surface area contributed by atoms with Crippen LogP contribution in [0.4, 0.5) is 8.78 Å². The van der Waals surface area contributed by atoms with Crippen LogP contribution >= 0.6 is 0 Å². The summed E-state index contributed by atoms with van der Waals surface area (Å²) < 4.78 is 33.6. The summed E-state index contributed by atoms with van der Waals surface area (Å²) in [6, 6.07) is 11.0. The number of hydrogen-bond acceptors (Lipinski definition) is 1. The summed E-state index contributed by atoms with van der Waals surface area (Å²) in [7, 11) is 0. The molecule has 3 rings (SSSR count). The minimum atomic E-state index is -0.917. The second kappa shape index (κ2) is 7.77. The zero-order valence-electron chi connectivity index (χ0n) is 15.9. The molecule has 0 N–H and O–H groups in total. The largest absolute Gasteiger partial charge is 0.491 e. The van der Waals surface area contributed by atoms with Crippen LogP contribution in [0, 0.1) is 17.0 Å². The zero-order chi connectivity index (χ0) is 18.7. The maximum atomic E-state index is 14.4. The van der Waals surface area contributed by atoms with Gasteiger partial charge in [0.1, 0.15) is 0 Å².